The first-order valence-electron chi connectivity index (χ1n) is 4.64. The highest BCUT2D eigenvalue weighted by Crippen LogP contribution is 2.16. The van der Waals surface area contributed by atoms with Crippen LogP contribution in [0.4, 0.5) is 0 Å². The summed E-state index contributed by atoms with van der Waals surface area (Å²) in [6.45, 7) is 1.91. The molecule has 0 fully saturated rings. The van der Waals surface area contributed by atoms with Crippen molar-refractivity contribution in [3.05, 3.63) is 26.4 Å². The van der Waals surface area contributed by atoms with Crippen molar-refractivity contribution < 1.29 is 5.21 Å². The molecule has 0 saturated carbocycles. The highest BCUT2D eigenvalue weighted by molar-refractivity contribution is 7.99. The smallest absolute Gasteiger partial charge is 0.331 e. The molecule has 0 aliphatic rings. The van der Waals surface area contributed by atoms with E-state index in [1.165, 1.54) is 23.4 Å². The summed E-state index contributed by atoms with van der Waals surface area (Å²) in [5.74, 6) is 0.715. The number of rotatable bonds is 3. The van der Waals surface area contributed by atoms with E-state index in [0.29, 0.717) is 10.8 Å². The van der Waals surface area contributed by atoms with E-state index in [2.05, 4.69) is 5.16 Å². The molecule has 7 heteroatoms. The van der Waals surface area contributed by atoms with Crippen molar-refractivity contribution >= 4 is 18.0 Å². The van der Waals surface area contributed by atoms with Crippen molar-refractivity contribution in [2.24, 2.45) is 19.3 Å². The van der Waals surface area contributed by atoms with Gasteiger partial charge in [0.2, 0.25) is 0 Å². The van der Waals surface area contributed by atoms with Gasteiger partial charge in [0.05, 0.1) is 16.8 Å². The van der Waals surface area contributed by atoms with Crippen molar-refractivity contribution in [3.63, 3.8) is 0 Å². The van der Waals surface area contributed by atoms with Gasteiger partial charge in [0, 0.05) is 14.1 Å². The van der Waals surface area contributed by atoms with E-state index in [-0.39, 0.29) is 5.56 Å². The predicted octanol–water partition coefficient (Wildman–Crippen LogP) is 0.00410. The van der Waals surface area contributed by atoms with E-state index in [9.17, 15) is 9.59 Å². The van der Waals surface area contributed by atoms with E-state index in [0.717, 1.165) is 10.8 Å². The van der Waals surface area contributed by atoms with Crippen LogP contribution >= 0.6 is 11.8 Å². The molecule has 0 amide bonds. The Bertz CT molecular complexity index is 530. The lowest BCUT2D eigenvalue weighted by atomic mass is 10.3. The maximum atomic E-state index is 11.8. The zero-order chi connectivity index (χ0) is 12.3. The van der Waals surface area contributed by atoms with Gasteiger partial charge < -0.3 is 5.21 Å². The maximum absolute atomic E-state index is 11.8. The fourth-order valence-corrected chi connectivity index (χ4v) is 2.17. The van der Waals surface area contributed by atoms with Gasteiger partial charge in [-0.1, -0.05) is 12.1 Å². The van der Waals surface area contributed by atoms with Gasteiger partial charge in [0.15, 0.2) is 0 Å². The molecule has 0 spiro atoms. The van der Waals surface area contributed by atoms with Crippen LogP contribution in [0.3, 0.4) is 0 Å². The number of oxime groups is 1. The molecule has 0 atom stereocenters. The molecular formula is C9H13N3O3S. The van der Waals surface area contributed by atoms with Crippen LogP contribution in [0.15, 0.2) is 19.8 Å². The van der Waals surface area contributed by atoms with Crippen LogP contribution in [0, 0.1) is 0 Å². The molecule has 0 saturated heterocycles. The number of hydrogen-bond donors (Lipinski definition) is 1. The summed E-state index contributed by atoms with van der Waals surface area (Å²) in [6.07, 6.45) is 1.06. The Morgan fingerprint density at radius 3 is 2.50 bits per heavy atom. The molecule has 1 N–H and O–H groups in total. The number of thioether (sulfide) groups is 1. The third-order valence-corrected chi connectivity index (χ3v) is 3.17. The average Bonchev–Trinajstić information content (AvgIpc) is 2.28. The van der Waals surface area contributed by atoms with Crippen molar-refractivity contribution in [2.45, 2.75) is 11.9 Å². The fraction of sp³-hybridized carbons (Fsp3) is 0.444. The Morgan fingerprint density at radius 2 is 2.00 bits per heavy atom. The molecule has 0 bridgehead atoms. The van der Waals surface area contributed by atoms with E-state index in [1.54, 1.807) is 7.05 Å². The molecular weight excluding hydrogens is 230 g/mol. The zero-order valence-corrected chi connectivity index (χ0v) is 10.1. The SMILES string of the molecule is CCSc1c(/C=N/O)c(=O)n(C)c(=O)n1C. The lowest BCUT2D eigenvalue weighted by Gasteiger charge is -2.10. The first-order valence-corrected chi connectivity index (χ1v) is 5.63. The fourth-order valence-electron chi connectivity index (χ4n) is 1.33. The molecule has 88 valence electrons. The van der Waals surface area contributed by atoms with E-state index >= 15 is 0 Å². The van der Waals surface area contributed by atoms with Crippen molar-refractivity contribution in [1.82, 2.24) is 9.13 Å². The van der Waals surface area contributed by atoms with Gasteiger partial charge in [-0.3, -0.25) is 13.9 Å². The molecule has 0 aliphatic carbocycles. The van der Waals surface area contributed by atoms with E-state index in [1.807, 2.05) is 6.92 Å². The first kappa shape index (κ1) is 12.6. The monoisotopic (exact) mass is 243 g/mol. The van der Waals surface area contributed by atoms with Crippen molar-refractivity contribution in [2.75, 3.05) is 5.75 Å². The second-order valence-corrected chi connectivity index (χ2v) is 4.35. The summed E-state index contributed by atoms with van der Waals surface area (Å²) in [4.78, 5) is 23.4. The van der Waals surface area contributed by atoms with E-state index in [4.69, 9.17) is 5.21 Å². The minimum atomic E-state index is -0.461. The van der Waals surface area contributed by atoms with Gasteiger partial charge in [-0.25, -0.2) is 4.79 Å². The minimum absolute atomic E-state index is 0.221. The van der Waals surface area contributed by atoms with E-state index < -0.39 is 11.2 Å². The molecule has 0 radical (unpaired) electrons. The van der Waals surface area contributed by atoms with Crippen molar-refractivity contribution in [3.8, 4) is 0 Å². The van der Waals surface area contributed by atoms with Crippen LogP contribution in [0.25, 0.3) is 0 Å². The second kappa shape index (κ2) is 5.02. The Labute approximate surface area is 96.2 Å². The topological polar surface area (TPSA) is 76.6 Å². The van der Waals surface area contributed by atoms with Gasteiger partial charge in [0.1, 0.15) is 0 Å². The van der Waals surface area contributed by atoms with Crippen LogP contribution in [0.5, 0.6) is 0 Å². The highest BCUT2D eigenvalue weighted by Gasteiger charge is 2.13. The average molecular weight is 243 g/mol. The Kier molecular flexibility index (Phi) is 3.94. The minimum Gasteiger partial charge on any atom is -0.411 e. The number of hydrogen-bond acceptors (Lipinski definition) is 5. The predicted molar refractivity (Wildman–Crippen MR) is 62.7 cm³/mol. The molecule has 6 nitrogen and oxygen atoms in total. The maximum Gasteiger partial charge on any atom is 0.331 e. The summed E-state index contributed by atoms with van der Waals surface area (Å²) in [7, 11) is 2.97. The lowest BCUT2D eigenvalue weighted by Crippen LogP contribution is -2.40. The van der Waals surface area contributed by atoms with Crippen LogP contribution < -0.4 is 11.2 Å². The molecule has 1 aromatic heterocycles. The van der Waals surface area contributed by atoms with Crippen LogP contribution in [0.1, 0.15) is 12.5 Å². The zero-order valence-electron chi connectivity index (χ0n) is 9.30. The Balaban J connectivity index is 3.68. The van der Waals surface area contributed by atoms with Crippen LogP contribution in [-0.4, -0.2) is 26.3 Å². The third-order valence-electron chi connectivity index (χ3n) is 2.11. The van der Waals surface area contributed by atoms with Gasteiger partial charge in [-0.2, -0.15) is 0 Å². The normalized spacial score (nSPS) is 11.2. The molecule has 1 heterocycles. The summed E-state index contributed by atoms with van der Waals surface area (Å²) in [5, 5.41) is 11.9. The van der Waals surface area contributed by atoms with Crippen molar-refractivity contribution in [1.29, 1.82) is 0 Å². The molecule has 0 aromatic carbocycles. The standard InChI is InChI=1S/C9H13N3O3S/c1-4-16-8-6(5-10-15)7(13)11(2)9(14)12(8)3/h5,15H,4H2,1-3H3/b10-5+. The molecule has 0 unspecified atom stereocenters. The summed E-state index contributed by atoms with van der Waals surface area (Å²) in [6, 6.07) is 0. The third kappa shape index (κ3) is 2.04. The summed E-state index contributed by atoms with van der Waals surface area (Å²) in [5.41, 5.74) is -0.633. The van der Waals surface area contributed by atoms with Gasteiger partial charge in [0.25, 0.3) is 5.56 Å². The number of nitrogens with zero attached hydrogens (tertiary/aromatic N) is 3. The van der Waals surface area contributed by atoms with Gasteiger partial charge in [-0.15, -0.1) is 11.8 Å². The largest absolute Gasteiger partial charge is 0.411 e. The second-order valence-electron chi connectivity index (χ2n) is 3.10. The van der Waals surface area contributed by atoms with Gasteiger partial charge >= 0.3 is 5.69 Å². The highest BCUT2D eigenvalue weighted by atomic mass is 32.2. The molecule has 1 rings (SSSR count). The Morgan fingerprint density at radius 1 is 1.38 bits per heavy atom. The van der Waals surface area contributed by atoms with Crippen LogP contribution in [0.2, 0.25) is 0 Å². The van der Waals surface area contributed by atoms with Crippen LogP contribution in [-0.2, 0) is 14.1 Å². The molecule has 1 aromatic rings. The lowest BCUT2D eigenvalue weighted by molar-refractivity contribution is 0.321. The molecule has 16 heavy (non-hydrogen) atoms. The molecule has 0 aliphatic heterocycles. The summed E-state index contributed by atoms with van der Waals surface area (Å²) >= 11 is 1.35. The first-order chi connectivity index (χ1) is 7.54. The summed E-state index contributed by atoms with van der Waals surface area (Å²) < 4.78 is 2.35. The Hall–Kier alpha value is -1.50. The quantitative estimate of drug-likeness (QED) is 0.267. The number of aromatic nitrogens is 2. The van der Waals surface area contributed by atoms with Gasteiger partial charge in [-0.05, 0) is 5.75 Å².